The van der Waals surface area contributed by atoms with Crippen molar-refractivity contribution in [2.75, 3.05) is 30.8 Å². The second kappa shape index (κ2) is 6.58. The first-order valence-electron chi connectivity index (χ1n) is 5.69. The molecular weight excluding hydrogens is 301 g/mol. The van der Waals surface area contributed by atoms with Gasteiger partial charge in [0.25, 0.3) is 0 Å². The molecule has 1 amide bonds. The van der Waals surface area contributed by atoms with Crippen molar-refractivity contribution >= 4 is 33.2 Å². The Morgan fingerprint density at radius 1 is 1.56 bits per heavy atom. The van der Waals surface area contributed by atoms with E-state index in [-0.39, 0.29) is 12.5 Å². The number of anilines is 2. The molecule has 1 rings (SSSR count). The number of hydrogen-bond acceptors (Lipinski definition) is 3. The molecule has 0 aromatic heterocycles. The molecule has 0 saturated heterocycles. The molecule has 3 N–H and O–H groups in total. The SMILES string of the molecule is CCCN(CC(=O)NC)c1cc(Br)c(F)cc1N. The van der Waals surface area contributed by atoms with Crippen LogP contribution in [0, 0.1) is 5.82 Å². The molecule has 4 nitrogen and oxygen atoms in total. The third-order valence-corrected chi connectivity index (χ3v) is 3.12. The Hall–Kier alpha value is -1.30. The van der Waals surface area contributed by atoms with Gasteiger partial charge in [0.15, 0.2) is 0 Å². The predicted molar refractivity (Wildman–Crippen MR) is 75.1 cm³/mol. The molecule has 0 aliphatic rings. The molecule has 0 aliphatic heterocycles. The maximum atomic E-state index is 13.3. The van der Waals surface area contributed by atoms with Crippen LogP contribution in [0.1, 0.15) is 13.3 Å². The highest BCUT2D eigenvalue weighted by molar-refractivity contribution is 9.10. The van der Waals surface area contributed by atoms with Crippen LogP contribution in [0.25, 0.3) is 0 Å². The van der Waals surface area contributed by atoms with Crippen molar-refractivity contribution in [3.63, 3.8) is 0 Å². The van der Waals surface area contributed by atoms with Gasteiger partial charge in [0, 0.05) is 19.7 Å². The fourth-order valence-corrected chi connectivity index (χ4v) is 1.96. The summed E-state index contributed by atoms with van der Waals surface area (Å²) in [6, 6.07) is 2.86. The van der Waals surface area contributed by atoms with Crippen molar-refractivity contribution in [2.45, 2.75) is 13.3 Å². The van der Waals surface area contributed by atoms with E-state index in [9.17, 15) is 9.18 Å². The van der Waals surface area contributed by atoms with E-state index in [1.807, 2.05) is 11.8 Å². The number of nitrogens with two attached hydrogens (primary N) is 1. The molecular formula is C12H17BrFN3O. The van der Waals surface area contributed by atoms with Crippen LogP contribution in [0.5, 0.6) is 0 Å². The van der Waals surface area contributed by atoms with Gasteiger partial charge in [-0.25, -0.2) is 4.39 Å². The van der Waals surface area contributed by atoms with Gasteiger partial charge in [0.1, 0.15) is 5.82 Å². The number of nitrogens with one attached hydrogen (secondary N) is 1. The number of halogens is 2. The molecule has 1 aromatic rings. The van der Waals surface area contributed by atoms with Gasteiger partial charge in [-0.3, -0.25) is 4.79 Å². The van der Waals surface area contributed by atoms with Gasteiger partial charge in [-0.2, -0.15) is 0 Å². The molecule has 1 aromatic carbocycles. The quantitative estimate of drug-likeness (QED) is 0.818. The summed E-state index contributed by atoms with van der Waals surface area (Å²) in [5.74, 6) is -0.518. The number of carbonyl (C=O) groups excluding carboxylic acids is 1. The van der Waals surface area contributed by atoms with Gasteiger partial charge in [0.05, 0.1) is 22.4 Å². The summed E-state index contributed by atoms with van der Waals surface area (Å²) in [7, 11) is 1.58. The predicted octanol–water partition coefficient (Wildman–Crippen LogP) is 2.13. The van der Waals surface area contributed by atoms with E-state index in [1.165, 1.54) is 6.07 Å². The fraction of sp³-hybridized carbons (Fsp3) is 0.417. The highest BCUT2D eigenvalue weighted by atomic mass is 79.9. The van der Waals surface area contributed by atoms with Crippen LogP contribution in [0.4, 0.5) is 15.8 Å². The lowest BCUT2D eigenvalue weighted by Crippen LogP contribution is -2.36. The minimum Gasteiger partial charge on any atom is -0.397 e. The van der Waals surface area contributed by atoms with E-state index in [2.05, 4.69) is 21.2 Å². The zero-order valence-electron chi connectivity index (χ0n) is 10.5. The lowest BCUT2D eigenvalue weighted by atomic mass is 10.2. The Bertz CT molecular complexity index is 440. The zero-order chi connectivity index (χ0) is 13.7. The molecule has 0 bridgehead atoms. The van der Waals surface area contributed by atoms with Gasteiger partial charge < -0.3 is 16.0 Å². The van der Waals surface area contributed by atoms with Crippen LogP contribution in [-0.2, 0) is 4.79 Å². The summed E-state index contributed by atoms with van der Waals surface area (Å²) in [5.41, 5.74) is 6.79. The Labute approximate surface area is 114 Å². The maximum Gasteiger partial charge on any atom is 0.239 e. The van der Waals surface area contributed by atoms with Crippen molar-refractivity contribution < 1.29 is 9.18 Å². The minimum atomic E-state index is -0.410. The second-order valence-corrected chi connectivity index (χ2v) is 4.77. The number of nitrogens with zero attached hydrogens (tertiary/aromatic N) is 1. The molecule has 0 unspecified atom stereocenters. The first kappa shape index (κ1) is 14.8. The Balaban J connectivity index is 3.05. The van der Waals surface area contributed by atoms with Crippen LogP contribution >= 0.6 is 15.9 Å². The zero-order valence-corrected chi connectivity index (χ0v) is 12.1. The highest BCUT2D eigenvalue weighted by Gasteiger charge is 2.15. The van der Waals surface area contributed by atoms with Crippen molar-refractivity contribution in [2.24, 2.45) is 0 Å². The van der Waals surface area contributed by atoms with Crippen molar-refractivity contribution in [1.29, 1.82) is 0 Å². The molecule has 100 valence electrons. The van der Waals surface area contributed by atoms with Gasteiger partial charge in [-0.1, -0.05) is 6.92 Å². The number of hydrogen-bond donors (Lipinski definition) is 2. The minimum absolute atomic E-state index is 0.108. The molecule has 18 heavy (non-hydrogen) atoms. The Morgan fingerprint density at radius 3 is 2.78 bits per heavy atom. The van der Waals surface area contributed by atoms with Crippen molar-refractivity contribution in [1.82, 2.24) is 5.32 Å². The average molecular weight is 318 g/mol. The standard InChI is InChI=1S/C12H17BrFN3O/c1-3-4-17(7-12(18)16-2)11-5-8(13)9(14)6-10(11)15/h5-6H,3-4,7,15H2,1-2H3,(H,16,18). The number of benzene rings is 1. The van der Waals surface area contributed by atoms with Gasteiger partial charge >= 0.3 is 0 Å². The maximum absolute atomic E-state index is 13.3. The topological polar surface area (TPSA) is 58.4 Å². The van der Waals surface area contributed by atoms with E-state index in [0.717, 1.165) is 6.42 Å². The van der Waals surface area contributed by atoms with E-state index >= 15 is 0 Å². The molecule has 0 fully saturated rings. The molecule has 0 heterocycles. The van der Waals surface area contributed by atoms with Crippen LogP contribution in [-0.4, -0.2) is 26.0 Å². The summed E-state index contributed by atoms with van der Waals surface area (Å²) in [6.45, 7) is 2.88. The normalized spacial score (nSPS) is 10.2. The highest BCUT2D eigenvalue weighted by Crippen LogP contribution is 2.29. The summed E-state index contributed by atoms with van der Waals surface area (Å²) < 4.78 is 13.7. The molecule has 0 aliphatic carbocycles. The number of likely N-dealkylation sites (N-methyl/N-ethyl adjacent to an activating group) is 1. The number of nitrogen functional groups attached to an aromatic ring is 1. The molecule has 0 radical (unpaired) electrons. The van der Waals surface area contributed by atoms with E-state index < -0.39 is 5.82 Å². The Kier molecular flexibility index (Phi) is 5.40. The van der Waals surface area contributed by atoms with Crippen LogP contribution in [0.3, 0.4) is 0 Å². The lowest BCUT2D eigenvalue weighted by molar-refractivity contribution is -0.119. The molecule has 0 spiro atoms. The third-order valence-electron chi connectivity index (χ3n) is 2.52. The third kappa shape index (κ3) is 3.60. The van der Waals surface area contributed by atoms with Crippen LogP contribution < -0.4 is 16.0 Å². The molecule has 0 saturated carbocycles. The summed E-state index contributed by atoms with van der Waals surface area (Å²) in [6.07, 6.45) is 0.866. The number of amides is 1. The smallest absolute Gasteiger partial charge is 0.239 e. The summed E-state index contributed by atoms with van der Waals surface area (Å²) >= 11 is 3.13. The molecule has 6 heteroatoms. The molecule has 0 atom stereocenters. The first-order valence-corrected chi connectivity index (χ1v) is 6.49. The van der Waals surface area contributed by atoms with Gasteiger partial charge in [-0.05, 0) is 28.4 Å². The number of carbonyl (C=O) groups is 1. The van der Waals surface area contributed by atoms with Gasteiger partial charge in [0.2, 0.25) is 5.91 Å². The lowest BCUT2D eigenvalue weighted by Gasteiger charge is -2.25. The van der Waals surface area contributed by atoms with E-state index in [1.54, 1.807) is 13.1 Å². The van der Waals surface area contributed by atoms with Crippen LogP contribution in [0.2, 0.25) is 0 Å². The van der Waals surface area contributed by atoms with E-state index in [0.29, 0.717) is 22.4 Å². The fourth-order valence-electron chi connectivity index (χ4n) is 1.63. The first-order chi connectivity index (χ1) is 8.49. The summed E-state index contributed by atoms with van der Waals surface area (Å²) in [4.78, 5) is 13.3. The Morgan fingerprint density at radius 2 is 2.22 bits per heavy atom. The summed E-state index contributed by atoms with van der Waals surface area (Å²) in [5, 5.41) is 2.56. The largest absolute Gasteiger partial charge is 0.397 e. The van der Waals surface area contributed by atoms with Crippen molar-refractivity contribution in [3.05, 3.63) is 22.4 Å². The average Bonchev–Trinajstić information content (AvgIpc) is 2.33. The van der Waals surface area contributed by atoms with Crippen molar-refractivity contribution in [3.8, 4) is 0 Å². The monoisotopic (exact) mass is 317 g/mol. The van der Waals surface area contributed by atoms with Crippen LogP contribution in [0.15, 0.2) is 16.6 Å². The second-order valence-electron chi connectivity index (χ2n) is 3.92. The van der Waals surface area contributed by atoms with E-state index in [4.69, 9.17) is 5.73 Å². The van der Waals surface area contributed by atoms with Gasteiger partial charge in [-0.15, -0.1) is 0 Å². The number of rotatable bonds is 5.